The van der Waals surface area contributed by atoms with Gasteiger partial charge in [0.2, 0.25) is 5.91 Å². The number of benzene rings is 3. The van der Waals surface area contributed by atoms with E-state index in [0.29, 0.717) is 33.7 Å². The molecule has 7 heteroatoms. The molecule has 0 radical (unpaired) electrons. The van der Waals surface area contributed by atoms with Crippen LogP contribution in [0.3, 0.4) is 0 Å². The molecule has 3 aromatic carbocycles. The maximum Gasteiger partial charge on any atom is 0.265 e. The van der Waals surface area contributed by atoms with Crippen molar-refractivity contribution in [1.29, 1.82) is 0 Å². The average Bonchev–Trinajstić information content (AvgIpc) is 2.77. The number of nitrogens with one attached hydrogen (secondary N) is 1. The number of ether oxygens (including phenoxy) is 1. The summed E-state index contributed by atoms with van der Waals surface area (Å²) in [5.41, 5.74) is 2.81. The van der Waals surface area contributed by atoms with Gasteiger partial charge in [0.05, 0.1) is 12.2 Å². The van der Waals surface area contributed by atoms with Crippen molar-refractivity contribution >= 4 is 52.5 Å². The van der Waals surface area contributed by atoms with Crippen LogP contribution in [0.2, 0.25) is 10.0 Å². The Labute approximate surface area is 189 Å². The van der Waals surface area contributed by atoms with E-state index in [1.807, 2.05) is 30.3 Å². The SMILES string of the molecule is O=C(/C=C/c1ccc(Cl)cc1)Nc1ccc2c(c1)N(Cc1ccccc1Cl)C(=O)CO2. The van der Waals surface area contributed by atoms with Gasteiger partial charge in [0.15, 0.2) is 6.61 Å². The quantitative estimate of drug-likeness (QED) is 0.514. The minimum Gasteiger partial charge on any atom is -0.482 e. The van der Waals surface area contributed by atoms with Crippen LogP contribution in [0.25, 0.3) is 6.08 Å². The topological polar surface area (TPSA) is 58.6 Å². The van der Waals surface area contributed by atoms with E-state index < -0.39 is 0 Å². The van der Waals surface area contributed by atoms with Crippen LogP contribution in [0, 0.1) is 0 Å². The monoisotopic (exact) mass is 452 g/mol. The standard InChI is InChI=1S/C24H18Cl2N2O3/c25-18-8-5-16(6-9-18)7-12-23(29)27-19-10-11-22-21(13-19)28(24(30)15-31-22)14-17-3-1-2-4-20(17)26/h1-13H,14-15H2,(H,27,29)/b12-7+. The summed E-state index contributed by atoms with van der Waals surface area (Å²) >= 11 is 12.1. The second-order valence-corrected chi connectivity index (χ2v) is 7.76. The van der Waals surface area contributed by atoms with Gasteiger partial charge in [-0.25, -0.2) is 0 Å². The summed E-state index contributed by atoms with van der Waals surface area (Å²) in [5.74, 6) is 0.0931. The Morgan fingerprint density at radius 2 is 1.84 bits per heavy atom. The molecule has 0 atom stereocenters. The Bertz CT molecular complexity index is 1160. The first-order chi connectivity index (χ1) is 15.0. The van der Waals surface area contributed by atoms with Gasteiger partial charge in [-0.3, -0.25) is 9.59 Å². The fourth-order valence-electron chi connectivity index (χ4n) is 3.18. The zero-order valence-electron chi connectivity index (χ0n) is 16.3. The molecular formula is C24H18Cl2N2O3. The summed E-state index contributed by atoms with van der Waals surface area (Å²) < 4.78 is 5.55. The highest BCUT2D eigenvalue weighted by Gasteiger charge is 2.26. The van der Waals surface area contributed by atoms with Crippen LogP contribution in [0.4, 0.5) is 11.4 Å². The van der Waals surface area contributed by atoms with E-state index in [4.69, 9.17) is 27.9 Å². The molecule has 31 heavy (non-hydrogen) atoms. The molecule has 0 bridgehead atoms. The van der Waals surface area contributed by atoms with Gasteiger partial charge in [-0.15, -0.1) is 0 Å². The number of hydrogen-bond donors (Lipinski definition) is 1. The third-order valence-electron chi connectivity index (χ3n) is 4.75. The van der Waals surface area contributed by atoms with Crippen molar-refractivity contribution in [3.05, 3.63) is 94.0 Å². The molecule has 156 valence electrons. The predicted molar refractivity (Wildman–Crippen MR) is 124 cm³/mol. The van der Waals surface area contributed by atoms with Crippen molar-refractivity contribution < 1.29 is 14.3 Å². The van der Waals surface area contributed by atoms with E-state index in [1.54, 1.807) is 47.4 Å². The van der Waals surface area contributed by atoms with Gasteiger partial charge in [0.25, 0.3) is 5.91 Å². The number of hydrogen-bond acceptors (Lipinski definition) is 3. The van der Waals surface area contributed by atoms with E-state index in [9.17, 15) is 9.59 Å². The molecular weight excluding hydrogens is 435 g/mol. The first kappa shape index (κ1) is 21.0. The summed E-state index contributed by atoms with van der Waals surface area (Å²) in [6, 6.07) is 19.7. The summed E-state index contributed by atoms with van der Waals surface area (Å²) in [7, 11) is 0. The predicted octanol–water partition coefficient (Wildman–Crippen LogP) is 5.57. The number of halogens is 2. The van der Waals surface area contributed by atoms with Crippen molar-refractivity contribution in [1.82, 2.24) is 0 Å². The van der Waals surface area contributed by atoms with Crippen molar-refractivity contribution in [3.63, 3.8) is 0 Å². The molecule has 1 heterocycles. The van der Waals surface area contributed by atoms with Crippen LogP contribution in [0.5, 0.6) is 5.75 Å². The molecule has 0 unspecified atom stereocenters. The minimum absolute atomic E-state index is 0.0486. The first-order valence-corrected chi connectivity index (χ1v) is 10.3. The second-order valence-electron chi connectivity index (χ2n) is 6.92. The number of carbonyl (C=O) groups excluding carboxylic acids is 2. The molecule has 0 aliphatic carbocycles. The number of carbonyl (C=O) groups is 2. The van der Waals surface area contributed by atoms with Crippen molar-refractivity contribution in [2.24, 2.45) is 0 Å². The largest absolute Gasteiger partial charge is 0.482 e. The van der Waals surface area contributed by atoms with E-state index in [0.717, 1.165) is 11.1 Å². The highest BCUT2D eigenvalue weighted by Crippen LogP contribution is 2.36. The van der Waals surface area contributed by atoms with Gasteiger partial charge in [-0.05, 0) is 53.6 Å². The van der Waals surface area contributed by atoms with Crippen molar-refractivity contribution in [3.8, 4) is 5.75 Å². The van der Waals surface area contributed by atoms with Gasteiger partial charge in [0, 0.05) is 21.8 Å². The molecule has 0 spiro atoms. The molecule has 0 fully saturated rings. The zero-order valence-corrected chi connectivity index (χ0v) is 17.9. The number of rotatable bonds is 5. The Balaban J connectivity index is 1.53. The maximum atomic E-state index is 12.5. The van der Waals surface area contributed by atoms with Crippen LogP contribution in [0.1, 0.15) is 11.1 Å². The van der Waals surface area contributed by atoms with E-state index >= 15 is 0 Å². The number of amides is 2. The molecule has 3 aromatic rings. The van der Waals surface area contributed by atoms with Gasteiger partial charge < -0.3 is 15.0 Å². The maximum absolute atomic E-state index is 12.5. The lowest BCUT2D eigenvalue weighted by Crippen LogP contribution is -2.38. The van der Waals surface area contributed by atoms with Crippen LogP contribution in [0.15, 0.2) is 72.8 Å². The molecule has 0 saturated carbocycles. The molecule has 4 rings (SSSR count). The summed E-state index contributed by atoms with van der Waals surface area (Å²) in [5, 5.41) is 4.03. The number of anilines is 2. The Hall–Kier alpha value is -3.28. The number of nitrogens with zero attached hydrogens (tertiary/aromatic N) is 1. The summed E-state index contributed by atoms with van der Waals surface area (Å²) in [6.07, 6.45) is 3.13. The van der Waals surface area contributed by atoms with Crippen LogP contribution in [-0.2, 0) is 16.1 Å². The lowest BCUT2D eigenvalue weighted by Gasteiger charge is -2.30. The van der Waals surface area contributed by atoms with Gasteiger partial charge in [-0.2, -0.15) is 0 Å². The third kappa shape index (κ3) is 5.08. The van der Waals surface area contributed by atoms with Gasteiger partial charge >= 0.3 is 0 Å². The van der Waals surface area contributed by atoms with Crippen LogP contribution in [-0.4, -0.2) is 18.4 Å². The molecule has 2 amide bonds. The van der Waals surface area contributed by atoms with Crippen LogP contribution >= 0.6 is 23.2 Å². The minimum atomic E-state index is -0.296. The molecule has 0 aromatic heterocycles. The van der Waals surface area contributed by atoms with E-state index in [-0.39, 0.29) is 18.4 Å². The Kier molecular flexibility index (Phi) is 6.26. The molecule has 5 nitrogen and oxygen atoms in total. The highest BCUT2D eigenvalue weighted by atomic mass is 35.5. The molecule has 1 aliphatic heterocycles. The first-order valence-electron chi connectivity index (χ1n) is 9.55. The fraction of sp³-hybridized carbons (Fsp3) is 0.0833. The third-order valence-corrected chi connectivity index (χ3v) is 5.37. The molecule has 0 saturated heterocycles. The van der Waals surface area contributed by atoms with Gasteiger partial charge in [0.1, 0.15) is 5.75 Å². The molecule has 1 aliphatic rings. The van der Waals surface area contributed by atoms with Crippen molar-refractivity contribution in [2.45, 2.75) is 6.54 Å². The smallest absolute Gasteiger partial charge is 0.265 e. The van der Waals surface area contributed by atoms with Crippen molar-refractivity contribution in [2.75, 3.05) is 16.8 Å². The van der Waals surface area contributed by atoms with E-state index in [1.165, 1.54) is 6.08 Å². The second kappa shape index (κ2) is 9.25. The molecule has 1 N–H and O–H groups in total. The van der Waals surface area contributed by atoms with Gasteiger partial charge in [-0.1, -0.05) is 53.5 Å². The highest BCUT2D eigenvalue weighted by molar-refractivity contribution is 6.31. The number of fused-ring (bicyclic) bond motifs is 1. The van der Waals surface area contributed by atoms with Crippen LogP contribution < -0.4 is 15.0 Å². The normalized spacial score (nSPS) is 13.1. The van der Waals surface area contributed by atoms with E-state index in [2.05, 4.69) is 5.32 Å². The lowest BCUT2D eigenvalue weighted by atomic mass is 10.1. The zero-order chi connectivity index (χ0) is 21.8. The summed E-state index contributed by atoms with van der Waals surface area (Å²) in [6.45, 7) is 0.260. The average molecular weight is 453 g/mol. The lowest BCUT2D eigenvalue weighted by molar-refractivity contribution is -0.121. The Morgan fingerprint density at radius 3 is 2.61 bits per heavy atom. The Morgan fingerprint density at radius 1 is 1.06 bits per heavy atom. The summed E-state index contributed by atoms with van der Waals surface area (Å²) in [4.78, 5) is 26.5. The fourth-order valence-corrected chi connectivity index (χ4v) is 3.50.